The third-order valence-electron chi connectivity index (χ3n) is 3.74. The van der Waals surface area contributed by atoms with Crippen LogP contribution in [0.4, 0.5) is 28.8 Å². The summed E-state index contributed by atoms with van der Waals surface area (Å²) in [6.07, 6.45) is 0. The largest absolute Gasteiger partial charge is 0.340 e. The van der Waals surface area contributed by atoms with Gasteiger partial charge in [0, 0.05) is 40.8 Å². The van der Waals surface area contributed by atoms with Crippen molar-refractivity contribution in [1.29, 1.82) is 0 Å². The van der Waals surface area contributed by atoms with E-state index >= 15 is 0 Å². The molecule has 3 N–H and O–H groups in total. The zero-order chi connectivity index (χ0) is 19.4. The second kappa shape index (κ2) is 8.05. The molecule has 3 aromatic rings. The van der Waals surface area contributed by atoms with Gasteiger partial charge in [0.05, 0.1) is 0 Å². The highest BCUT2D eigenvalue weighted by atomic mass is 35.5. The summed E-state index contributed by atoms with van der Waals surface area (Å²) in [7, 11) is 0. The summed E-state index contributed by atoms with van der Waals surface area (Å²) in [4.78, 5) is 20.2. The minimum atomic E-state index is -0.116. The van der Waals surface area contributed by atoms with Crippen LogP contribution in [-0.4, -0.2) is 15.9 Å². The fourth-order valence-electron chi connectivity index (χ4n) is 2.60. The van der Waals surface area contributed by atoms with Crippen LogP contribution in [0.1, 0.15) is 18.2 Å². The molecule has 0 aliphatic carbocycles. The molecule has 0 radical (unpaired) electrons. The Hall–Kier alpha value is -3.12. The van der Waals surface area contributed by atoms with E-state index in [1.165, 1.54) is 6.92 Å². The van der Waals surface area contributed by atoms with E-state index in [0.717, 1.165) is 22.6 Å². The maximum atomic E-state index is 11.2. The number of benzene rings is 2. The van der Waals surface area contributed by atoms with Gasteiger partial charge in [-0.15, -0.1) is 0 Å². The van der Waals surface area contributed by atoms with Gasteiger partial charge in [-0.05, 0) is 55.8 Å². The molecule has 3 rings (SSSR count). The molecule has 6 nitrogen and oxygen atoms in total. The molecule has 0 aliphatic rings. The van der Waals surface area contributed by atoms with Crippen molar-refractivity contribution in [3.63, 3.8) is 0 Å². The lowest BCUT2D eigenvalue weighted by Gasteiger charge is -2.12. The number of nitrogens with one attached hydrogen (secondary N) is 3. The average Bonchev–Trinajstić information content (AvgIpc) is 2.56. The first-order chi connectivity index (χ1) is 12.9. The Morgan fingerprint density at radius 1 is 0.963 bits per heavy atom. The smallest absolute Gasteiger partial charge is 0.229 e. The Labute approximate surface area is 163 Å². The highest BCUT2D eigenvalue weighted by molar-refractivity contribution is 6.30. The summed E-state index contributed by atoms with van der Waals surface area (Å²) < 4.78 is 0. The molecule has 27 heavy (non-hydrogen) atoms. The lowest BCUT2D eigenvalue weighted by atomic mass is 10.2. The van der Waals surface area contributed by atoms with Gasteiger partial charge >= 0.3 is 0 Å². The van der Waals surface area contributed by atoms with Gasteiger partial charge in [-0.25, -0.2) is 4.98 Å². The Balaban J connectivity index is 1.82. The molecule has 0 spiro atoms. The van der Waals surface area contributed by atoms with Gasteiger partial charge in [0.15, 0.2) is 0 Å². The van der Waals surface area contributed by atoms with Crippen molar-refractivity contribution in [2.45, 2.75) is 20.8 Å². The standard InChI is InChI=1S/C20H20ClN5O/c1-12-9-15(21)7-8-18(12)25-20-22-13(2)10-19(26-20)24-17-6-4-5-16(11-17)23-14(3)27/h4-11H,1-3H3,(H,23,27)(H2,22,24,25,26). The van der Waals surface area contributed by atoms with Crippen LogP contribution >= 0.6 is 11.6 Å². The number of halogens is 1. The lowest BCUT2D eigenvalue weighted by Crippen LogP contribution is -2.06. The molecule has 0 aliphatic heterocycles. The van der Waals surface area contributed by atoms with Gasteiger partial charge in [-0.3, -0.25) is 4.79 Å². The average molecular weight is 382 g/mol. The van der Waals surface area contributed by atoms with E-state index in [0.29, 0.717) is 22.5 Å². The number of amides is 1. The number of rotatable bonds is 5. The summed E-state index contributed by atoms with van der Waals surface area (Å²) in [5.41, 5.74) is 4.25. The minimum Gasteiger partial charge on any atom is -0.340 e. The van der Waals surface area contributed by atoms with Gasteiger partial charge in [-0.1, -0.05) is 17.7 Å². The van der Waals surface area contributed by atoms with Crippen molar-refractivity contribution < 1.29 is 4.79 Å². The third kappa shape index (κ3) is 5.18. The highest BCUT2D eigenvalue weighted by Crippen LogP contribution is 2.24. The molecular weight excluding hydrogens is 362 g/mol. The van der Waals surface area contributed by atoms with Gasteiger partial charge in [0.1, 0.15) is 5.82 Å². The molecule has 1 aromatic heterocycles. The first-order valence-corrected chi connectivity index (χ1v) is 8.80. The molecule has 138 valence electrons. The van der Waals surface area contributed by atoms with E-state index in [4.69, 9.17) is 11.6 Å². The second-order valence-corrected chi connectivity index (χ2v) is 6.63. The Kier molecular flexibility index (Phi) is 5.57. The van der Waals surface area contributed by atoms with Crippen molar-refractivity contribution in [1.82, 2.24) is 9.97 Å². The highest BCUT2D eigenvalue weighted by Gasteiger charge is 2.06. The summed E-state index contributed by atoms with van der Waals surface area (Å²) in [5, 5.41) is 9.92. The number of hydrogen-bond donors (Lipinski definition) is 3. The monoisotopic (exact) mass is 381 g/mol. The van der Waals surface area contributed by atoms with Gasteiger partial charge in [0.2, 0.25) is 11.9 Å². The first-order valence-electron chi connectivity index (χ1n) is 8.42. The van der Waals surface area contributed by atoms with Crippen LogP contribution in [-0.2, 0) is 4.79 Å². The molecule has 0 bridgehead atoms. The quantitative estimate of drug-likeness (QED) is 0.566. The van der Waals surface area contributed by atoms with Crippen LogP contribution in [0.15, 0.2) is 48.5 Å². The van der Waals surface area contributed by atoms with E-state index in [1.54, 1.807) is 0 Å². The van der Waals surface area contributed by atoms with Gasteiger partial charge < -0.3 is 16.0 Å². The maximum absolute atomic E-state index is 11.2. The number of aromatic nitrogens is 2. The summed E-state index contributed by atoms with van der Waals surface area (Å²) in [5.74, 6) is 1.02. The Morgan fingerprint density at radius 2 is 1.74 bits per heavy atom. The van der Waals surface area contributed by atoms with Crippen LogP contribution in [0.25, 0.3) is 0 Å². The van der Waals surface area contributed by atoms with Gasteiger partial charge in [-0.2, -0.15) is 4.98 Å². The molecule has 0 fully saturated rings. The molecule has 0 saturated carbocycles. The molecular formula is C20H20ClN5O. The predicted octanol–water partition coefficient (Wildman–Crippen LogP) is 5.19. The molecule has 7 heteroatoms. The number of carbonyl (C=O) groups is 1. The lowest BCUT2D eigenvalue weighted by molar-refractivity contribution is -0.114. The van der Waals surface area contributed by atoms with Crippen molar-refractivity contribution in [3.8, 4) is 0 Å². The zero-order valence-electron chi connectivity index (χ0n) is 15.3. The molecule has 0 atom stereocenters. The van der Waals surface area contributed by atoms with E-state index in [9.17, 15) is 4.79 Å². The van der Waals surface area contributed by atoms with E-state index in [1.807, 2.05) is 62.4 Å². The fourth-order valence-corrected chi connectivity index (χ4v) is 2.83. The number of carbonyl (C=O) groups excluding carboxylic acids is 1. The zero-order valence-corrected chi connectivity index (χ0v) is 16.1. The summed E-state index contributed by atoms with van der Waals surface area (Å²) in [6.45, 7) is 5.35. The molecule has 0 saturated heterocycles. The van der Waals surface area contributed by atoms with Crippen LogP contribution < -0.4 is 16.0 Å². The van der Waals surface area contributed by atoms with Crippen molar-refractivity contribution in [3.05, 3.63) is 64.8 Å². The van der Waals surface area contributed by atoms with Crippen LogP contribution in [0.2, 0.25) is 5.02 Å². The van der Waals surface area contributed by atoms with E-state index < -0.39 is 0 Å². The number of nitrogens with zero attached hydrogens (tertiary/aromatic N) is 2. The molecule has 2 aromatic carbocycles. The van der Waals surface area contributed by atoms with Crippen LogP contribution in [0.5, 0.6) is 0 Å². The van der Waals surface area contributed by atoms with E-state index in [2.05, 4.69) is 25.9 Å². The Morgan fingerprint density at radius 3 is 2.48 bits per heavy atom. The normalized spacial score (nSPS) is 10.4. The first kappa shape index (κ1) is 18.7. The Bertz CT molecular complexity index is 990. The minimum absolute atomic E-state index is 0.116. The maximum Gasteiger partial charge on any atom is 0.229 e. The summed E-state index contributed by atoms with van der Waals surface area (Å²) >= 11 is 6.01. The second-order valence-electron chi connectivity index (χ2n) is 6.19. The van der Waals surface area contributed by atoms with Gasteiger partial charge in [0.25, 0.3) is 0 Å². The topological polar surface area (TPSA) is 78.9 Å². The summed E-state index contributed by atoms with van der Waals surface area (Å²) in [6, 6.07) is 14.9. The van der Waals surface area contributed by atoms with Crippen molar-refractivity contribution in [2.24, 2.45) is 0 Å². The number of hydrogen-bond acceptors (Lipinski definition) is 5. The number of aryl methyl sites for hydroxylation is 2. The van der Waals surface area contributed by atoms with Crippen molar-refractivity contribution in [2.75, 3.05) is 16.0 Å². The molecule has 1 amide bonds. The number of anilines is 5. The molecule has 0 unspecified atom stereocenters. The van der Waals surface area contributed by atoms with Crippen LogP contribution in [0, 0.1) is 13.8 Å². The SMILES string of the molecule is CC(=O)Nc1cccc(Nc2cc(C)nc(Nc3ccc(Cl)cc3C)n2)c1. The molecule has 1 heterocycles. The predicted molar refractivity (Wildman–Crippen MR) is 110 cm³/mol. The fraction of sp³-hybridized carbons (Fsp3) is 0.150. The van der Waals surface area contributed by atoms with Crippen molar-refractivity contribution >= 4 is 46.3 Å². The third-order valence-corrected chi connectivity index (χ3v) is 3.98. The van der Waals surface area contributed by atoms with E-state index in [-0.39, 0.29) is 5.91 Å². The van der Waals surface area contributed by atoms with Crippen LogP contribution in [0.3, 0.4) is 0 Å².